The van der Waals surface area contributed by atoms with Crippen molar-refractivity contribution in [2.75, 3.05) is 0 Å². The van der Waals surface area contributed by atoms with Gasteiger partial charge in [-0.1, -0.05) is 38.7 Å². The van der Waals surface area contributed by atoms with Crippen molar-refractivity contribution in [1.82, 2.24) is 4.57 Å². The summed E-state index contributed by atoms with van der Waals surface area (Å²) in [6.45, 7) is 8.03. The molecule has 1 heterocycles. The minimum Gasteiger partial charge on any atom is -0.311 e. The molecule has 0 radical (unpaired) electrons. The summed E-state index contributed by atoms with van der Waals surface area (Å²) < 4.78 is 1.71. The average Bonchev–Trinajstić information content (AvgIpc) is 2.23. The van der Waals surface area contributed by atoms with Crippen molar-refractivity contribution in [3.63, 3.8) is 0 Å². The van der Waals surface area contributed by atoms with Crippen LogP contribution in [0, 0.1) is 5.41 Å². The van der Waals surface area contributed by atoms with Crippen LogP contribution in [-0.4, -0.2) is 4.57 Å². The highest BCUT2D eigenvalue weighted by molar-refractivity contribution is 5.49. The Morgan fingerprint density at radius 1 is 1.50 bits per heavy atom. The van der Waals surface area contributed by atoms with Crippen molar-refractivity contribution in [3.8, 4) is 0 Å². The van der Waals surface area contributed by atoms with Gasteiger partial charge in [-0.2, -0.15) is 0 Å². The molecule has 0 fully saturated rings. The maximum absolute atomic E-state index is 11.9. The molecule has 2 heteroatoms. The van der Waals surface area contributed by atoms with Crippen molar-refractivity contribution >= 4 is 18.2 Å². The van der Waals surface area contributed by atoms with E-state index >= 15 is 0 Å². The zero-order valence-electron chi connectivity index (χ0n) is 10.1. The lowest BCUT2D eigenvalue weighted by Gasteiger charge is -2.21. The van der Waals surface area contributed by atoms with Gasteiger partial charge in [-0.15, -0.1) is 0 Å². The van der Waals surface area contributed by atoms with Crippen molar-refractivity contribution < 1.29 is 0 Å². The van der Waals surface area contributed by atoms with Gasteiger partial charge in [-0.25, -0.2) is 0 Å². The van der Waals surface area contributed by atoms with Crippen LogP contribution >= 0.6 is 0 Å². The molecule has 0 saturated heterocycles. The van der Waals surface area contributed by atoms with Gasteiger partial charge in [0.05, 0.1) is 0 Å². The Balaban J connectivity index is 2.92. The van der Waals surface area contributed by atoms with Crippen LogP contribution in [0.3, 0.4) is 0 Å². The molecular weight excluding hydrogens is 198 g/mol. The first kappa shape index (κ1) is 10.9. The van der Waals surface area contributed by atoms with Gasteiger partial charge in [0, 0.05) is 18.0 Å². The number of aromatic nitrogens is 1. The van der Waals surface area contributed by atoms with Crippen LogP contribution < -0.4 is 16.1 Å². The second kappa shape index (κ2) is 3.48. The van der Waals surface area contributed by atoms with Crippen LogP contribution in [0.25, 0.3) is 18.2 Å². The molecule has 2 nitrogen and oxygen atoms in total. The molecule has 0 spiro atoms. The Morgan fingerprint density at radius 2 is 2.19 bits per heavy atom. The van der Waals surface area contributed by atoms with E-state index in [9.17, 15) is 4.79 Å². The van der Waals surface area contributed by atoms with E-state index in [4.69, 9.17) is 0 Å². The maximum Gasteiger partial charge on any atom is 0.258 e. The summed E-state index contributed by atoms with van der Waals surface area (Å²) in [7, 11) is 1.82. The van der Waals surface area contributed by atoms with E-state index in [0.717, 1.165) is 17.0 Å². The minimum absolute atomic E-state index is 0.0242. The molecule has 1 aromatic heterocycles. The van der Waals surface area contributed by atoms with Gasteiger partial charge in [0.1, 0.15) is 0 Å². The fraction of sp³-hybridized carbons (Fsp3) is 0.357. The molecule has 1 aliphatic carbocycles. The third-order valence-corrected chi connectivity index (χ3v) is 3.12. The number of fused-ring (bicyclic) bond motifs is 1. The molecule has 0 amide bonds. The third kappa shape index (κ3) is 1.64. The maximum atomic E-state index is 11.9. The lowest BCUT2D eigenvalue weighted by Crippen LogP contribution is -2.45. The first-order valence-electron chi connectivity index (χ1n) is 5.50. The molecule has 84 valence electrons. The molecule has 0 saturated carbocycles. The Kier molecular flexibility index (Phi) is 2.38. The summed E-state index contributed by atoms with van der Waals surface area (Å²) in [6.07, 6.45) is 7.00. The van der Waals surface area contributed by atoms with Crippen LogP contribution in [0.15, 0.2) is 17.4 Å². The number of hydrogen-bond acceptors (Lipinski definition) is 1. The number of nitrogens with zero attached hydrogens (tertiary/aromatic N) is 1. The van der Waals surface area contributed by atoms with E-state index in [1.54, 1.807) is 10.6 Å². The largest absolute Gasteiger partial charge is 0.311 e. The summed E-state index contributed by atoms with van der Waals surface area (Å²) in [5.41, 5.74) is 0.828. The average molecular weight is 215 g/mol. The van der Waals surface area contributed by atoms with Crippen molar-refractivity contribution in [2.45, 2.75) is 20.3 Å². The predicted octanol–water partition coefficient (Wildman–Crippen LogP) is 1.02. The molecule has 2 rings (SSSR count). The van der Waals surface area contributed by atoms with E-state index < -0.39 is 0 Å². The fourth-order valence-corrected chi connectivity index (χ4v) is 2.09. The zero-order chi connectivity index (χ0) is 11.9. The van der Waals surface area contributed by atoms with Gasteiger partial charge >= 0.3 is 0 Å². The summed E-state index contributed by atoms with van der Waals surface area (Å²) in [4.78, 5) is 11.9. The minimum atomic E-state index is 0.0242. The van der Waals surface area contributed by atoms with Gasteiger partial charge in [-0.3, -0.25) is 4.79 Å². The van der Waals surface area contributed by atoms with Gasteiger partial charge in [-0.05, 0) is 23.1 Å². The number of hydrogen-bond donors (Lipinski definition) is 0. The molecule has 0 N–H and O–H groups in total. The summed E-state index contributed by atoms with van der Waals surface area (Å²) in [6, 6.07) is 1.93. The van der Waals surface area contributed by atoms with E-state index in [1.807, 2.05) is 13.1 Å². The van der Waals surface area contributed by atoms with Gasteiger partial charge in [0.25, 0.3) is 5.56 Å². The summed E-state index contributed by atoms with van der Waals surface area (Å²) in [5, 5.41) is 2.16. The summed E-state index contributed by atoms with van der Waals surface area (Å²) in [5.74, 6) is 0. The Labute approximate surface area is 95.2 Å². The van der Waals surface area contributed by atoms with E-state index in [-0.39, 0.29) is 11.0 Å². The lowest BCUT2D eigenvalue weighted by molar-refractivity contribution is 0.529. The Hall–Kier alpha value is -1.57. The monoisotopic (exact) mass is 215 g/mol. The highest BCUT2D eigenvalue weighted by Gasteiger charge is 2.16. The normalized spacial score (nSPS) is 16.9. The molecular formula is C14H17NO. The predicted molar refractivity (Wildman–Crippen MR) is 68.4 cm³/mol. The molecule has 0 bridgehead atoms. The fourth-order valence-electron chi connectivity index (χ4n) is 2.09. The van der Waals surface area contributed by atoms with E-state index in [1.165, 1.54) is 0 Å². The van der Waals surface area contributed by atoms with Crippen LogP contribution in [0.1, 0.15) is 25.8 Å². The van der Waals surface area contributed by atoms with Gasteiger partial charge in [0.15, 0.2) is 0 Å². The second-order valence-electron chi connectivity index (χ2n) is 5.05. The first-order valence-corrected chi connectivity index (χ1v) is 5.50. The molecule has 0 aromatic carbocycles. The van der Waals surface area contributed by atoms with Gasteiger partial charge < -0.3 is 4.57 Å². The van der Waals surface area contributed by atoms with Crippen LogP contribution in [0.4, 0.5) is 0 Å². The van der Waals surface area contributed by atoms with Crippen LogP contribution in [-0.2, 0) is 7.05 Å². The zero-order valence-corrected chi connectivity index (χ0v) is 10.1. The van der Waals surface area contributed by atoms with Crippen LogP contribution in [0.5, 0.6) is 0 Å². The molecule has 0 unspecified atom stereocenters. The van der Waals surface area contributed by atoms with Crippen molar-refractivity contribution in [3.05, 3.63) is 39.1 Å². The van der Waals surface area contributed by atoms with E-state index in [0.29, 0.717) is 5.56 Å². The smallest absolute Gasteiger partial charge is 0.258 e. The molecule has 1 aliphatic rings. The number of pyridine rings is 1. The lowest BCUT2D eigenvalue weighted by atomic mass is 9.85. The van der Waals surface area contributed by atoms with Crippen molar-refractivity contribution in [2.24, 2.45) is 12.5 Å². The van der Waals surface area contributed by atoms with Gasteiger partial charge in [0.2, 0.25) is 0 Å². The SMILES string of the molecule is C=Cc1cc2c(n(C)c1=O)=CC(C)(C)CC=2. The van der Waals surface area contributed by atoms with E-state index in [2.05, 4.69) is 32.6 Å². The van der Waals surface area contributed by atoms with Crippen molar-refractivity contribution in [1.29, 1.82) is 0 Å². The van der Waals surface area contributed by atoms with Crippen LogP contribution in [0.2, 0.25) is 0 Å². The molecule has 1 aromatic rings. The highest BCUT2D eigenvalue weighted by atomic mass is 16.1. The topological polar surface area (TPSA) is 22.0 Å². The number of rotatable bonds is 1. The Morgan fingerprint density at radius 3 is 2.81 bits per heavy atom. The standard InChI is InChI=1S/C14H17NO/c1-5-10-8-11-6-7-14(2,3)9-12(11)15(4)13(10)16/h5-6,8-9H,1,7H2,2-4H3. The second-order valence-corrected chi connectivity index (χ2v) is 5.05. The third-order valence-electron chi connectivity index (χ3n) is 3.12. The molecule has 16 heavy (non-hydrogen) atoms. The molecule has 0 atom stereocenters. The quantitative estimate of drug-likeness (QED) is 0.685. The Bertz CT molecular complexity index is 617. The first-order chi connectivity index (χ1) is 7.44. The summed E-state index contributed by atoms with van der Waals surface area (Å²) >= 11 is 0. The molecule has 0 aliphatic heterocycles. The highest BCUT2D eigenvalue weighted by Crippen LogP contribution is 2.23.